The van der Waals surface area contributed by atoms with E-state index in [0.717, 1.165) is 11.1 Å². The largest absolute Gasteiger partial charge is 0.398 e. The van der Waals surface area contributed by atoms with Crippen LogP contribution in [0.2, 0.25) is 0 Å². The second-order valence-electron chi connectivity index (χ2n) is 4.57. The first-order valence-electron chi connectivity index (χ1n) is 6.37. The molecule has 0 aliphatic carbocycles. The molecule has 0 saturated carbocycles. The van der Waals surface area contributed by atoms with Crippen LogP contribution < -0.4 is 5.73 Å². The second kappa shape index (κ2) is 4.41. The topological polar surface area (TPSA) is 86.9 Å². The summed E-state index contributed by atoms with van der Waals surface area (Å²) in [4.78, 5) is 4.32. The van der Waals surface area contributed by atoms with Crippen LogP contribution in [-0.2, 0) is 0 Å². The van der Waals surface area contributed by atoms with Gasteiger partial charge in [-0.05, 0) is 6.07 Å². The summed E-state index contributed by atoms with van der Waals surface area (Å²) in [5.74, 6) is 0.621. The monoisotopic (exact) mass is 277 g/mol. The van der Waals surface area contributed by atoms with E-state index in [1.165, 1.54) is 0 Å². The lowest BCUT2D eigenvalue weighted by Gasteiger charge is -2.02. The zero-order valence-electron chi connectivity index (χ0n) is 11.0. The van der Waals surface area contributed by atoms with Gasteiger partial charge in [-0.1, -0.05) is 18.2 Å². The Kier molecular flexibility index (Phi) is 2.43. The zero-order valence-corrected chi connectivity index (χ0v) is 11.0. The van der Waals surface area contributed by atoms with Crippen molar-refractivity contribution in [1.82, 2.24) is 29.4 Å². The maximum Gasteiger partial charge on any atom is 0.205 e. The summed E-state index contributed by atoms with van der Waals surface area (Å²) in [5.41, 5.74) is 9.22. The number of anilines is 1. The SMILES string of the molecule is Nc1ccccc1-c1cnn(-c2nccn3cnnc23)c1. The summed E-state index contributed by atoms with van der Waals surface area (Å²) in [7, 11) is 0. The number of nitrogens with zero attached hydrogens (tertiary/aromatic N) is 6. The highest BCUT2D eigenvalue weighted by atomic mass is 15.3. The van der Waals surface area contributed by atoms with E-state index in [-0.39, 0.29) is 0 Å². The fraction of sp³-hybridized carbons (Fsp3) is 0. The van der Waals surface area contributed by atoms with Gasteiger partial charge in [-0.25, -0.2) is 9.67 Å². The minimum atomic E-state index is 0.621. The molecular formula is C14H11N7. The fourth-order valence-corrected chi connectivity index (χ4v) is 2.24. The van der Waals surface area contributed by atoms with Gasteiger partial charge in [-0.2, -0.15) is 5.10 Å². The van der Waals surface area contributed by atoms with Crippen molar-refractivity contribution >= 4 is 11.3 Å². The van der Waals surface area contributed by atoms with E-state index in [2.05, 4.69) is 20.3 Å². The Hall–Kier alpha value is -3.22. The van der Waals surface area contributed by atoms with Crippen molar-refractivity contribution < 1.29 is 0 Å². The lowest BCUT2D eigenvalue weighted by Crippen LogP contribution is -2.01. The molecule has 0 aliphatic rings. The van der Waals surface area contributed by atoms with Crippen LogP contribution in [0.4, 0.5) is 5.69 Å². The number of para-hydroxylation sites is 1. The van der Waals surface area contributed by atoms with Crippen LogP contribution in [0.25, 0.3) is 22.6 Å². The van der Waals surface area contributed by atoms with Gasteiger partial charge in [-0.3, -0.25) is 4.40 Å². The summed E-state index contributed by atoms with van der Waals surface area (Å²) in [6, 6.07) is 7.67. The van der Waals surface area contributed by atoms with E-state index in [1.54, 1.807) is 34.0 Å². The van der Waals surface area contributed by atoms with Crippen molar-refractivity contribution in [3.8, 4) is 16.9 Å². The number of hydrogen-bond acceptors (Lipinski definition) is 5. The van der Waals surface area contributed by atoms with Crippen molar-refractivity contribution in [1.29, 1.82) is 0 Å². The summed E-state index contributed by atoms with van der Waals surface area (Å²) < 4.78 is 3.46. The number of nitrogen functional groups attached to an aromatic ring is 1. The third kappa shape index (κ3) is 1.83. The number of nitrogens with two attached hydrogens (primary N) is 1. The van der Waals surface area contributed by atoms with Crippen molar-refractivity contribution in [2.24, 2.45) is 0 Å². The molecule has 0 amide bonds. The van der Waals surface area contributed by atoms with E-state index in [1.807, 2.05) is 30.5 Å². The highest BCUT2D eigenvalue weighted by Crippen LogP contribution is 2.25. The van der Waals surface area contributed by atoms with Gasteiger partial charge in [0.05, 0.1) is 6.20 Å². The van der Waals surface area contributed by atoms with Gasteiger partial charge in [0.15, 0.2) is 5.82 Å². The van der Waals surface area contributed by atoms with Crippen molar-refractivity contribution in [2.45, 2.75) is 0 Å². The molecule has 0 fully saturated rings. The molecule has 0 spiro atoms. The van der Waals surface area contributed by atoms with Crippen molar-refractivity contribution in [2.75, 3.05) is 5.73 Å². The minimum Gasteiger partial charge on any atom is -0.398 e. The Balaban J connectivity index is 1.85. The molecule has 2 N–H and O–H groups in total. The fourth-order valence-electron chi connectivity index (χ4n) is 2.24. The molecule has 21 heavy (non-hydrogen) atoms. The molecule has 0 radical (unpaired) electrons. The van der Waals surface area contributed by atoms with Crippen LogP contribution in [0, 0.1) is 0 Å². The van der Waals surface area contributed by atoms with Gasteiger partial charge in [0.25, 0.3) is 0 Å². The van der Waals surface area contributed by atoms with Crippen LogP contribution in [-0.4, -0.2) is 29.4 Å². The molecule has 102 valence electrons. The highest BCUT2D eigenvalue weighted by molar-refractivity contribution is 5.75. The van der Waals surface area contributed by atoms with Gasteiger partial charge in [-0.15, -0.1) is 10.2 Å². The smallest absolute Gasteiger partial charge is 0.205 e. The van der Waals surface area contributed by atoms with E-state index < -0.39 is 0 Å². The van der Waals surface area contributed by atoms with Crippen molar-refractivity contribution in [3.63, 3.8) is 0 Å². The average Bonchev–Trinajstić information content (AvgIpc) is 3.16. The molecule has 0 unspecified atom stereocenters. The predicted molar refractivity (Wildman–Crippen MR) is 77.8 cm³/mol. The average molecular weight is 277 g/mol. The molecule has 3 aromatic heterocycles. The molecule has 0 atom stereocenters. The van der Waals surface area contributed by atoms with Gasteiger partial charge in [0, 0.05) is 35.4 Å². The molecule has 7 heteroatoms. The number of fused-ring (bicyclic) bond motifs is 1. The number of benzene rings is 1. The molecule has 7 nitrogen and oxygen atoms in total. The molecule has 0 bridgehead atoms. The Bertz CT molecular complexity index is 922. The normalized spacial score (nSPS) is 11.0. The minimum absolute atomic E-state index is 0.621. The quantitative estimate of drug-likeness (QED) is 0.562. The summed E-state index contributed by atoms with van der Waals surface area (Å²) in [5, 5.41) is 12.3. The van der Waals surface area contributed by atoms with Crippen molar-refractivity contribution in [3.05, 3.63) is 55.4 Å². The first-order chi connectivity index (χ1) is 10.3. The molecule has 0 aliphatic heterocycles. The van der Waals surface area contributed by atoms with E-state index >= 15 is 0 Å². The molecule has 4 aromatic rings. The third-order valence-corrected chi connectivity index (χ3v) is 3.27. The Morgan fingerprint density at radius 1 is 1.14 bits per heavy atom. The van der Waals surface area contributed by atoms with Crippen LogP contribution in [0.5, 0.6) is 0 Å². The summed E-state index contributed by atoms with van der Waals surface area (Å²) in [6.45, 7) is 0. The lowest BCUT2D eigenvalue weighted by atomic mass is 10.1. The maximum absolute atomic E-state index is 6.00. The Morgan fingerprint density at radius 2 is 2.05 bits per heavy atom. The van der Waals surface area contributed by atoms with Crippen LogP contribution >= 0.6 is 0 Å². The maximum atomic E-state index is 6.00. The third-order valence-electron chi connectivity index (χ3n) is 3.27. The number of rotatable bonds is 2. The predicted octanol–water partition coefficient (Wildman–Crippen LogP) is 1.56. The zero-order chi connectivity index (χ0) is 14.2. The van der Waals surface area contributed by atoms with E-state index in [0.29, 0.717) is 17.2 Å². The van der Waals surface area contributed by atoms with E-state index in [4.69, 9.17) is 5.73 Å². The second-order valence-corrected chi connectivity index (χ2v) is 4.57. The summed E-state index contributed by atoms with van der Waals surface area (Å²) in [6.07, 6.45) is 8.73. The molecule has 1 aromatic carbocycles. The van der Waals surface area contributed by atoms with Gasteiger partial charge in [0.2, 0.25) is 5.65 Å². The number of hydrogen-bond donors (Lipinski definition) is 1. The van der Waals surface area contributed by atoms with Crippen LogP contribution in [0.3, 0.4) is 0 Å². The molecule has 3 heterocycles. The molecular weight excluding hydrogens is 266 g/mol. The lowest BCUT2D eigenvalue weighted by molar-refractivity contribution is 0.841. The van der Waals surface area contributed by atoms with Gasteiger partial charge >= 0.3 is 0 Å². The summed E-state index contributed by atoms with van der Waals surface area (Å²) >= 11 is 0. The van der Waals surface area contributed by atoms with Gasteiger partial charge < -0.3 is 5.73 Å². The highest BCUT2D eigenvalue weighted by Gasteiger charge is 2.10. The first-order valence-corrected chi connectivity index (χ1v) is 6.37. The molecule has 4 rings (SSSR count). The van der Waals surface area contributed by atoms with Crippen LogP contribution in [0.15, 0.2) is 55.4 Å². The number of aromatic nitrogens is 6. The molecule has 0 saturated heterocycles. The standard InChI is InChI=1S/C14H11N7/c15-12-4-2-1-3-11(12)10-7-18-21(8-10)13-14-19-17-9-20(14)6-5-16-13/h1-9H,15H2. The Morgan fingerprint density at radius 3 is 2.95 bits per heavy atom. The van der Waals surface area contributed by atoms with Crippen LogP contribution in [0.1, 0.15) is 0 Å². The van der Waals surface area contributed by atoms with Gasteiger partial charge in [0.1, 0.15) is 6.33 Å². The first kappa shape index (κ1) is 11.6. The Labute approximate surface area is 119 Å². The van der Waals surface area contributed by atoms with E-state index in [9.17, 15) is 0 Å².